The third kappa shape index (κ3) is 79.9. The highest BCUT2D eigenvalue weighted by atomic mass is 31.2. The maximum absolute atomic E-state index is 13.1. The summed E-state index contributed by atoms with van der Waals surface area (Å²) in [6, 6.07) is 0. The predicted octanol–water partition coefficient (Wildman–Crippen LogP) is 26.2. The molecule has 19 heteroatoms. The molecule has 0 aliphatic heterocycles. The quantitative estimate of drug-likeness (QED) is 0.0222. The molecular formula is C86H168O17P2. The number of phosphoric ester groups is 2. The molecule has 3 N–H and O–H groups in total. The summed E-state index contributed by atoms with van der Waals surface area (Å²) in [6.45, 7) is 9.69. The molecule has 0 aromatic carbocycles. The molecule has 0 saturated heterocycles. The normalized spacial score (nSPS) is 13.8. The molecule has 0 amide bonds. The van der Waals surface area contributed by atoms with Crippen LogP contribution in [-0.2, 0) is 65.4 Å². The lowest BCUT2D eigenvalue weighted by atomic mass is 10.0. The van der Waals surface area contributed by atoms with Crippen LogP contribution in [0.3, 0.4) is 0 Å². The van der Waals surface area contributed by atoms with E-state index in [1.54, 1.807) is 0 Å². The summed E-state index contributed by atoms with van der Waals surface area (Å²) in [5.41, 5.74) is 0. The number of phosphoric acid groups is 2. The van der Waals surface area contributed by atoms with Gasteiger partial charge in [-0.15, -0.1) is 0 Å². The first-order valence-corrected chi connectivity index (χ1v) is 47.5. The number of aliphatic hydroxyl groups is 1. The molecule has 17 nitrogen and oxygen atoms in total. The Hall–Kier alpha value is -1.94. The number of aliphatic hydroxyl groups excluding tert-OH is 1. The first-order chi connectivity index (χ1) is 50.9. The molecule has 0 spiro atoms. The monoisotopic (exact) mass is 1540 g/mol. The Balaban J connectivity index is 5.20. The fourth-order valence-electron chi connectivity index (χ4n) is 13.4. The molecule has 0 heterocycles. The molecule has 0 fully saturated rings. The fraction of sp³-hybridized carbons (Fsp3) is 0.953. The second kappa shape index (κ2) is 77.4. The average molecular weight is 1540 g/mol. The van der Waals surface area contributed by atoms with E-state index in [0.29, 0.717) is 25.7 Å². The van der Waals surface area contributed by atoms with Gasteiger partial charge in [-0.25, -0.2) is 9.13 Å². The second-order valence-electron chi connectivity index (χ2n) is 31.9. The molecule has 0 bridgehead atoms. The summed E-state index contributed by atoms with van der Waals surface area (Å²) in [6.07, 6.45) is 69.5. The summed E-state index contributed by atoms with van der Waals surface area (Å²) in [5, 5.41) is 10.7. The van der Waals surface area contributed by atoms with E-state index in [1.165, 1.54) is 276 Å². The van der Waals surface area contributed by atoms with E-state index in [4.69, 9.17) is 37.0 Å². The Bertz CT molecular complexity index is 2010. The summed E-state index contributed by atoms with van der Waals surface area (Å²) < 4.78 is 68.8. The third-order valence-electron chi connectivity index (χ3n) is 20.2. The average Bonchev–Trinajstić information content (AvgIpc) is 0.910. The molecule has 105 heavy (non-hydrogen) atoms. The van der Waals surface area contributed by atoms with Crippen molar-refractivity contribution in [3.05, 3.63) is 0 Å². The van der Waals surface area contributed by atoms with Crippen molar-refractivity contribution in [2.75, 3.05) is 39.6 Å². The van der Waals surface area contributed by atoms with Crippen LogP contribution in [-0.4, -0.2) is 96.7 Å². The first-order valence-electron chi connectivity index (χ1n) is 44.5. The number of unbranched alkanes of at least 4 members (excludes halogenated alkanes) is 55. The molecule has 0 aromatic heterocycles. The van der Waals surface area contributed by atoms with Crippen molar-refractivity contribution in [3.63, 3.8) is 0 Å². The number of hydrogen-bond acceptors (Lipinski definition) is 15. The highest BCUT2D eigenvalue weighted by Crippen LogP contribution is 2.45. The highest BCUT2D eigenvalue weighted by molar-refractivity contribution is 7.47. The van der Waals surface area contributed by atoms with Crippen molar-refractivity contribution >= 4 is 39.5 Å². The van der Waals surface area contributed by atoms with Crippen LogP contribution in [0.4, 0.5) is 0 Å². The van der Waals surface area contributed by atoms with Gasteiger partial charge in [0.1, 0.15) is 19.3 Å². The largest absolute Gasteiger partial charge is 0.472 e. The standard InChI is InChI=1S/C86H168O17P2/c1-7-9-11-13-15-17-18-19-20-21-22-23-27-30-33-39-45-51-57-63-69-84(89)97-75-82(103-85(90)70-64-58-52-46-40-34-31-28-25-24-26-29-32-37-43-48-54-60-66-78(3)4)77-101-105(94,95)99-73-80(87)72-98-104(92,93)100-76-81(74-96-83(88)68-62-56-50-42-16-14-12-10-8-2)102-86(91)71-65-59-53-47-41-36-35-38-44-49-55-61-67-79(5)6/h78-82,87H,7-77H2,1-6H3,(H,92,93)(H,94,95)/t80-,81+,82+/m0/s1. The fourth-order valence-corrected chi connectivity index (χ4v) is 15.0. The van der Waals surface area contributed by atoms with Crippen molar-refractivity contribution in [1.29, 1.82) is 0 Å². The van der Waals surface area contributed by atoms with E-state index < -0.39 is 97.5 Å². The summed E-state index contributed by atoms with van der Waals surface area (Å²) >= 11 is 0. The van der Waals surface area contributed by atoms with Gasteiger partial charge in [0, 0.05) is 25.7 Å². The van der Waals surface area contributed by atoms with E-state index in [1.807, 2.05) is 0 Å². The molecule has 2 unspecified atom stereocenters. The lowest BCUT2D eigenvalue weighted by molar-refractivity contribution is -0.161. The zero-order valence-electron chi connectivity index (χ0n) is 69.0. The number of carbonyl (C=O) groups is 4. The zero-order chi connectivity index (χ0) is 77.1. The number of ether oxygens (including phenoxy) is 4. The van der Waals surface area contributed by atoms with Gasteiger partial charge in [-0.3, -0.25) is 37.3 Å². The minimum absolute atomic E-state index is 0.107. The lowest BCUT2D eigenvalue weighted by Crippen LogP contribution is -2.30. The molecule has 0 aromatic rings. The van der Waals surface area contributed by atoms with Gasteiger partial charge in [-0.05, 0) is 37.5 Å². The summed E-state index contributed by atoms with van der Waals surface area (Å²) in [4.78, 5) is 73.1. The minimum Gasteiger partial charge on any atom is -0.462 e. The molecule has 0 rings (SSSR count). The molecule has 624 valence electrons. The van der Waals surface area contributed by atoms with Crippen molar-refractivity contribution in [2.45, 2.75) is 477 Å². The van der Waals surface area contributed by atoms with Gasteiger partial charge in [-0.2, -0.15) is 0 Å². The Labute approximate surface area is 645 Å². The number of carbonyl (C=O) groups excluding carboxylic acids is 4. The van der Waals surface area contributed by atoms with Gasteiger partial charge < -0.3 is 33.8 Å². The van der Waals surface area contributed by atoms with E-state index in [9.17, 15) is 43.2 Å². The summed E-state index contributed by atoms with van der Waals surface area (Å²) in [5.74, 6) is -0.507. The smallest absolute Gasteiger partial charge is 0.462 e. The van der Waals surface area contributed by atoms with Crippen LogP contribution in [0, 0.1) is 11.8 Å². The molecule has 0 aliphatic rings. The Morgan fingerprint density at radius 1 is 0.257 bits per heavy atom. The minimum atomic E-state index is -4.97. The van der Waals surface area contributed by atoms with Crippen LogP contribution >= 0.6 is 15.6 Å². The van der Waals surface area contributed by atoms with Crippen LogP contribution < -0.4 is 0 Å². The third-order valence-corrected chi connectivity index (χ3v) is 22.1. The van der Waals surface area contributed by atoms with Gasteiger partial charge in [0.25, 0.3) is 0 Å². The van der Waals surface area contributed by atoms with Gasteiger partial charge in [0.05, 0.1) is 26.4 Å². The number of hydrogen-bond donors (Lipinski definition) is 3. The van der Waals surface area contributed by atoms with Crippen molar-refractivity contribution in [1.82, 2.24) is 0 Å². The Kier molecular flexibility index (Phi) is 76.0. The molecule has 0 aliphatic carbocycles. The zero-order valence-corrected chi connectivity index (χ0v) is 70.8. The Morgan fingerprint density at radius 3 is 0.648 bits per heavy atom. The SMILES string of the molecule is CCCCCCCCCCCCCCCCCCCCCCC(=O)OC[C@H](COP(=O)(O)OC[C@@H](O)COP(=O)(O)OC[C@@H](COC(=O)CCCCCCCCCCC)OC(=O)CCCCCCCCCCCCCCC(C)C)OC(=O)CCCCCCCCCCCCCCCCCCCCC(C)C. The van der Waals surface area contributed by atoms with Gasteiger partial charge in [-0.1, -0.05) is 408 Å². The molecule has 0 radical (unpaired) electrons. The van der Waals surface area contributed by atoms with Crippen LogP contribution in [0.25, 0.3) is 0 Å². The second-order valence-corrected chi connectivity index (χ2v) is 34.8. The van der Waals surface area contributed by atoms with Crippen LogP contribution in [0.15, 0.2) is 0 Å². The van der Waals surface area contributed by atoms with E-state index in [0.717, 1.165) is 102 Å². The van der Waals surface area contributed by atoms with Gasteiger partial charge in [0.2, 0.25) is 0 Å². The van der Waals surface area contributed by atoms with Crippen LogP contribution in [0.2, 0.25) is 0 Å². The van der Waals surface area contributed by atoms with E-state index in [-0.39, 0.29) is 25.7 Å². The predicted molar refractivity (Wildman–Crippen MR) is 432 cm³/mol. The maximum Gasteiger partial charge on any atom is 0.472 e. The molecular weight excluding hydrogens is 1370 g/mol. The topological polar surface area (TPSA) is 237 Å². The van der Waals surface area contributed by atoms with Crippen molar-refractivity contribution in [2.24, 2.45) is 11.8 Å². The lowest BCUT2D eigenvalue weighted by Gasteiger charge is -2.21. The highest BCUT2D eigenvalue weighted by Gasteiger charge is 2.30. The van der Waals surface area contributed by atoms with E-state index in [2.05, 4.69) is 41.5 Å². The molecule has 0 saturated carbocycles. The summed E-state index contributed by atoms with van der Waals surface area (Å²) in [7, 11) is -9.92. The van der Waals surface area contributed by atoms with Crippen molar-refractivity contribution in [3.8, 4) is 0 Å². The maximum atomic E-state index is 13.1. The van der Waals surface area contributed by atoms with Crippen LogP contribution in [0.5, 0.6) is 0 Å². The van der Waals surface area contributed by atoms with E-state index >= 15 is 0 Å². The van der Waals surface area contributed by atoms with Gasteiger partial charge >= 0.3 is 39.5 Å². The number of rotatable bonds is 85. The number of esters is 4. The van der Waals surface area contributed by atoms with Gasteiger partial charge in [0.15, 0.2) is 12.2 Å². The van der Waals surface area contributed by atoms with Crippen molar-refractivity contribution < 1.29 is 80.2 Å². The molecule has 5 atom stereocenters. The van der Waals surface area contributed by atoms with Crippen LogP contribution in [0.1, 0.15) is 459 Å². The first kappa shape index (κ1) is 103. The Morgan fingerprint density at radius 2 is 0.438 bits per heavy atom.